The lowest BCUT2D eigenvalue weighted by atomic mass is 9.91. The Balaban J connectivity index is 0. The van der Waals surface area contributed by atoms with Gasteiger partial charge in [0.05, 0.1) is 30.8 Å². The van der Waals surface area contributed by atoms with E-state index in [9.17, 15) is 19.5 Å². The molecule has 0 bridgehead atoms. The lowest BCUT2D eigenvalue weighted by Crippen LogP contribution is -2.50. The van der Waals surface area contributed by atoms with Crippen molar-refractivity contribution in [3.05, 3.63) is 30.0 Å². The molecule has 2 rings (SSSR count). The highest BCUT2D eigenvalue weighted by Gasteiger charge is 2.25. The van der Waals surface area contributed by atoms with Gasteiger partial charge in [0.15, 0.2) is 0 Å². The highest BCUT2D eigenvalue weighted by atomic mass is 35.5. The standard InChI is InChI=1S/C28H44N6O5.3ClH/c1-17(32-21-15-19(39-5)14-18-10-11-23(28(2,3)4)34-25(18)21)8-7-13-31-24(35)16-22(27(37)38)33-26(36)20(30)9-6-12-29;;;/h10-11,14-15,17,20,22,32H,6-9,12-13,16,29-30H2,1-5H3,(H,31,35)(H,33,36)(H,37,38);3*1H/t17?,20-,22+;;;/m1.../s1. The van der Waals surface area contributed by atoms with Crippen molar-refractivity contribution in [2.45, 2.75) is 83.3 Å². The molecule has 1 unspecified atom stereocenters. The van der Waals surface area contributed by atoms with E-state index >= 15 is 0 Å². The second-order valence-electron chi connectivity index (χ2n) is 10.9. The largest absolute Gasteiger partial charge is 0.497 e. The number of anilines is 1. The van der Waals surface area contributed by atoms with E-state index in [2.05, 4.69) is 42.8 Å². The number of nitrogens with zero attached hydrogens (tertiary/aromatic N) is 1. The van der Waals surface area contributed by atoms with E-state index in [0.29, 0.717) is 32.4 Å². The van der Waals surface area contributed by atoms with E-state index in [0.717, 1.165) is 34.5 Å². The molecule has 11 nitrogen and oxygen atoms in total. The maximum atomic E-state index is 12.3. The van der Waals surface area contributed by atoms with E-state index in [1.165, 1.54) is 0 Å². The smallest absolute Gasteiger partial charge is 0.326 e. The number of methoxy groups -OCH3 is 1. The molecule has 0 radical (unpaired) electrons. The quantitative estimate of drug-likeness (QED) is 0.157. The molecule has 42 heavy (non-hydrogen) atoms. The third-order valence-electron chi connectivity index (χ3n) is 6.37. The minimum Gasteiger partial charge on any atom is -0.497 e. The molecule has 0 fully saturated rings. The van der Waals surface area contributed by atoms with E-state index in [1.807, 2.05) is 25.1 Å². The molecule has 2 amide bonds. The van der Waals surface area contributed by atoms with Crippen molar-refractivity contribution in [3.63, 3.8) is 0 Å². The number of ether oxygens (including phenoxy) is 1. The Hall–Kier alpha value is -2.57. The fourth-order valence-corrected chi connectivity index (χ4v) is 4.03. The van der Waals surface area contributed by atoms with Gasteiger partial charge in [-0.2, -0.15) is 0 Å². The highest BCUT2D eigenvalue weighted by molar-refractivity contribution is 5.92. The van der Waals surface area contributed by atoms with Crippen molar-refractivity contribution in [3.8, 4) is 5.75 Å². The highest BCUT2D eigenvalue weighted by Crippen LogP contribution is 2.31. The van der Waals surface area contributed by atoms with Crippen LogP contribution < -0.4 is 32.2 Å². The number of nitrogens with one attached hydrogen (secondary N) is 3. The van der Waals surface area contributed by atoms with Crippen LogP contribution in [0.3, 0.4) is 0 Å². The molecule has 2 aromatic rings. The minimum absolute atomic E-state index is 0. The summed E-state index contributed by atoms with van der Waals surface area (Å²) >= 11 is 0. The molecule has 240 valence electrons. The van der Waals surface area contributed by atoms with Crippen LogP contribution >= 0.6 is 37.2 Å². The number of rotatable bonds is 15. The summed E-state index contributed by atoms with van der Waals surface area (Å²) in [6.07, 6.45) is 1.91. The lowest BCUT2D eigenvalue weighted by Gasteiger charge is -2.21. The Kier molecular flexibility index (Phi) is 19.4. The maximum Gasteiger partial charge on any atom is 0.326 e. The predicted octanol–water partition coefficient (Wildman–Crippen LogP) is 3.53. The number of halogens is 3. The van der Waals surface area contributed by atoms with Gasteiger partial charge in [-0.15, -0.1) is 37.2 Å². The number of aromatic nitrogens is 1. The first-order valence-electron chi connectivity index (χ1n) is 13.4. The Bertz CT molecular complexity index is 1150. The Morgan fingerprint density at radius 2 is 1.74 bits per heavy atom. The van der Waals surface area contributed by atoms with Gasteiger partial charge in [0.25, 0.3) is 0 Å². The first-order valence-corrected chi connectivity index (χ1v) is 13.4. The predicted molar refractivity (Wildman–Crippen MR) is 175 cm³/mol. The molecule has 0 aliphatic heterocycles. The number of carboxylic acid groups (broad SMARTS) is 1. The van der Waals surface area contributed by atoms with Crippen molar-refractivity contribution in [2.24, 2.45) is 11.5 Å². The summed E-state index contributed by atoms with van der Waals surface area (Å²) in [5, 5.41) is 19.0. The third-order valence-corrected chi connectivity index (χ3v) is 6.37. The SMILES string of the molecule is COc1cc(NC(C)CCCNC(=O)C[C@H](NC(=O)[C@H](N)CCCN)C(=O)O)c2nc(C(C)(C)C)ccc2c1.Cl.Cl.Cl. The van der Waals surface area contributed by atoms with Crippen molar-refractivity contribution in [2.75, 3.05) is 25.5 Å². The van der Waals surface area contributed by atoms with Gasteiger partial charge in [-0.25, -0.2) is 4.79 Å². The first kappa shape index (κ1) is 41.6. The van der Waals surface area contributed by atoms with Crippen LogP contribution in [0.5, 0.6) is 5.75 Å². The second kappa shape index (κ2) is 19.6. The third kappa shape index (κ3) is 13.2. The summed E-state index contributed by atoms with van der Waals surface area (Å²) in [6.45, 7) is 9.17. The van der Waals surface area contributed by atoms with E-state index in [-0.39, 0.29) is 55.1 Å². The van der Waals surface area contributed by atoms with Gasteiger partial charge in [0.2, 0.25) is 11.8 Å². The molecule has 14 heteroatoms. The summed E-state index contributed by atoms with van der Waals surface area (Å²) in [5.41, 5.74) is 13.8. The number of carbonyl (C=O) groups excluding carboxylic acids is 2. The number of carboxylic acids is 1. The zero-order valence-electron chi connectivity index (χ0n) is 24.9. The number of hydrogen-bond acceptors (Lipinski definition) is 8. The number of amides is 2. The van der Waals surface area contributed by atoms with Crippen molar-refractivity contribution in [1.29, 1.82) is 0 Å². The molecule has 0 saturated heterocycles. The van der Waals surface area contributed by atoms with Crippen LogP contribution in [0.15, 0.2) is 24.3 Å². The lowest BCUT2D eigenvalue weighted by molar-refractivity contribution is -0.143. The van der Waals surface area contributed by atoms with Crippen LogP contribution in [0.4, 0.5) is 5.69 Å². The molecule has 0 spiro atoms. The fourth-order valence-electron chi connectivity index (χ4n) is 4.03. The summed E-state index contributed by atoms with van der Waals surface area (Å²) in [7, 11) is 1.63. The molecular weight excluding hydrogens is 607 g/mol. The maximum absolute atomic E-state index is 12.3. The molecule has 0 saturated carbocycles. The molecule has 1 heterocycles. The normalized spacial score (nSPS) is 12.8. The van der Waals surface area contributed by atoms with Crippen molar-refractivity contribution < 1.29 is 24.2 Å². The molecule has 1 aromatic heterocycles. The Morgan fingerprint density at radius 3 is 2.31 bits per heavy atom. The van der Waals surface area contributed by atoms with Crippen molar-refractivity contribution in [1.82, 2.24) is 15.6 Å². The van der Waals surface area contributed by atoms with Crippen LogP contribution in [0.1, 0.15) is 65.5 Å². The molecule has 0 aliphatic rings. The van der Waals surface area contributed by atoms with Crippen LogP contribution in [-0.4, -0.2) is 66.2 Å². The molecule has 0 aliphatic carbocycles. The van der Waals surface area contributed by atoms with E-state index in [4.69, 9.17) is 21.2 Å². The van der Waals surface area contributed by atoms with Gasteiger partial charge in [-0.05, 0) is 51.3 Å². The second-order valence-corrected chi connectivity index (χ2v) is 10.9. The molecule has 3 atom stereocenters. The summed E-state index contributed by atoms with van der Waals surface area (Å²) < 4.78 is 5.47. The monoisotopic (exact) mass is 652 g/mol. The Labute approximate surface area is 266 Å². The minimum atomic E-state index is -1.35. The number of hydrogen-bond donors (Lipinski definition) is 6. The van der Waals surface area contributed by atoms with Crippen LogP contribution in [-0.2, 0) is 19.8 Å². The summed E-state index contributed by atoms with van der Waals surface area (Å²) in [4.78, 5) is 40.9. The van der Waals surface area contributed by atoms with E-state index in [1.54, 1.807) is 7.11 Å². The average molecular weight is 654 g/mol. The topological polar surface area (TPSA) is 182 Å². The van der Waals surface area contributed by atoms with E-state index < -0.39 is 29.9 Å². The molecular formula is C28H47Cl3N6O5. The number of benzene rings is 1. The Morgan fingerprint density at radius 1 is 1.07 bits per heavy atom. The number of fused-ring (bicyclic) bond motifs is 1. The number of aliphatic carboxylic acids is 1. The van der Waals surface area contributed by atoms with Crippen LogP contribution in [0.25, 0.3) is 10.9 Å². The van der Waals surface area contributed by atoms with Gasteiger partial charge in [0, 0.05) is 35.1 Å². The van der Waals surface area contributed by atoms with Crippen LogP contribution in [0.2, 0.25) is 0 Å². The van der Waals surface area contributed by atoms with Gasteiger partial charge in [0.1, 0.15) is 11.8 Å². The molecule has 8 N–H and O–H groups in total. The first-order chi connectivity index (χ1) is 18.3. The number of pyridine rings is 1. The summed E-state index contributed by atoms with van der Waals surface area (Å²) in [5.74, 6) is -1.64. The number of nitrogens with two attached hydrogens (primary N) is 2. The van der Waals surface area contributed by atoms with Gasteiger partial charge in [-0.3, -0.25) is 14.6 Å². The number of carbonyl (C=O) groups is 3. The van der Waals surface area contributed by atoms with Crippen LogP contribution in [0, 0.1) is 0 Å². The van der Waals surface area contributed by atoms with Gasteiger partial charge >= 0.3 is 5.97 Å². The van der Waals surface area contributed by atoms with Gasteiger partial charge < -0.3 is 37.3 Å². The van der Waals surface area contributed by atoms with Gasteiger partial charge in [-0.1, -0.05) is 26.8 Å². The summed E-state index contributed by atoms with van der Waals surface area (Å²) in [6, 6.07) is 5.83. The average Bonchev–Trinajstić information content (AvgIpc) is 2.88. The van der Waals surface area contributed by atoms with Crippen molar-refractivity contribution >= 4 is 71.6 Å². The molecule has 1 aromatic carbocycles. The zero-order valence-corrected chi connectivity index (χ0v) is 27.3. The fraction of sp³-hybridized carbons (Fsp3) is 0.571. The zero-order chi connectivity index (χ0) is 29.2.